The minimum Gasteiger partial charge on any atom is -0.796 e. The maximum absolute atomic E-state index is 12.7. The van der Waals surface area contributed by atoms with E-state index in [9.17, 15) is 28.4 Å². The van der Waals surface area contributed by atoms with Gasteiger partial charge in [-0.3, -0.25) is 0 Å². The SMILES string of the molecule is CCCCCCCCCc1ccc(P(=O)([O-])CC(CC)CCCC)cc1.CCCCCCCCCc1ccc(P(=O)([O-])CC(CC)CCCC)cc1.CCCCCCCCCc1ccc(P(=O)([O-])CC(CC)CCCC)cc1.[Fe+3]. The molecule has 3 aromatic carbocycles. The molecule has 10 heteroatoms. The van der Waals surface area contributed by atoms with Crippen LogP contribution in [0.2, 0.25) is 0 Å². The van der Waals surface area contributed by atoms with Crippen LogP contribution < -0.4 is 30.6 Å². The fraction of sp³-hybridized carbons (Fsp3) is 0.739. The minimum atomic E-state index is -3.48. The smallest absolute Gasteiger partial charge is 0.796 e. The molecule has 0 aromatic heterocycles. The summed E-state index contributed by atoms with van der Waals surface area (Å²) in [7, 11) is -10.4. The molecule has 0 aliphatic heterocycles. The Morgan fingerprint density at radius 1 is 0.291 bits per heavy atom. The van der Waals surface area contributed by atoms with E-state index < -0.39 is 22.1 Å². The largest absolute Gasteiger partial charge is 3.00 e. The minimum absolute atomic E-state index is 0. The van der Waals surface area contributed by atoms with Gasteiger partial charge >= 0.3 is 17.1 Å². The number of aryl methyl sites for hydroxylation is 3. The zero-order valence-electron chi connectivity index (χ0n) is 52.4. The fourth-order valence-corrected chi connectivity index (χ4v) is 16.4. The van der Waals surface area contributed by atoms with Gasteiger partial charge in [0.2, 0.25) is 0 Å². The van der Waals surface area contributed by atoms with Gasteiger partial charge < -0.3 is 28.4 Å². The third-order valence-corrected chi connectivity index (χ3v) is 22.6. The van der Waals surface area contributed by atoms with Gasteiger partial charge in [0, 0.05) is 22.1 Å². The van der Waals surface area contributed by atoms with Gasteiger partial charge in [-0.05, 0) is 107 Å². The van der Waals surface area contributed by atoms with Crippen molar-refractivity contribution in [2.75, 3.05) is 18.5 Å². The molecule has 79 heavy (non-hydrogen) atoms. The third kappa shape index (κ3) is 37.6. The van der Waals surface area contributed by atoms with Gasteiger partial charge in [-0.15, -0.1) is 0 Å². The van der Waals surface area contributed by atoms with Gasteiger partial charge in [0.25, 0.3) is 0 Å². The average Bonchev–Trinajstić information content (AvgIpc) is 3.45. The van der Waals surface area contributed by atoms with Gasteiger partial charge in [0.1, 0.15) is 0 Å². The molecule has 0 N–H and O–H groups in total. The summed E-state index contributed by atoms with van der Waals surface area (Å²) in [5.74, 6) is 0.891. The molecule has 0 fully saturated rings. The van der Waals surface area contributed by atoms with E-state index in [1.807, 2.05) is 72.8 Å². The van der Waals surface area contributed by atoms with E-state index in [-0.39, 0.29) is 17.1 Å². The maximum Gasteiger partial charge on any atom is 3.00 e. The quantitative estimate of drug-likeness (QED) is 0.0316. The fourth-order valence-electron chi connectivity index (χ4n) is 10.6. The predicted octanol–water partition coefficient (Wildman–Crippen LogP) is 19.4. The molecule has 1 radical (unpaired) electrons. The van der Waals surface area contributed by atoms with Crippen molar-refractivity contribution in [3.05, 3.63) is 89.5 Å². The topological polar surface area (TPSA) is 120 Å². The molecule has 6 nitrogen and oxygen atoms in total. The van der Waals surface area contributed by atoms with Crippen LogP contribution in [0.1, 0.15) is 291 Å². The molecule has 6 unspecified atom stereocenters. The molecule has 0 aliphatic carbocycles. The first-order valence-electron chi connectivity index (χ1n) is 32.8. The first-order chi connectivity index (χ1) is 37.6. The van der Waals surface area contributed by atoms with Crippen molar-refractivity contribution in [2.45, 2.75) is 293 Å². The number of hydrogen-bond donors (Lipinski definition) is 0. The first-order valence-corrected chi connectivity index (χ1v) is 38.2. The van der Waals surface area contributed by atoms with Gasteiger partial charge in [-0.25, -0.2) is 0 Å². The second kappa shape index (κ2) is 49.1. The van der Waals surface area contributed by atoms with Crippen LogP contribution in [0.3, 0.4) is 0 Å². The van der Waals surface area contributed by atoms with Gasteiger partial charge in [-0.2, -0.15) is 0 Å². The van der Waals surface area contributed by atoms with Crippen LogP contribution in [-0.4, -0.2) is 18.5 Å². The molecule has 0 heterocycles. The van der Waals surface area contributed by atoms with Crippen molar-refractivity contribution in [1.29, 1.82) is 0 Å². The second-order valence-electron chi connectivity index (χ2n) is 23.4. The average molecular weight is 1190 g/mol. The summed E-state index contributed by atoms with van der Waals surface area (Å²) < 4.78 is 38.1. The zero-order valence-corrected chi connectivity index (χ0v) is 56.2. The standard InChI is InChI=1S/3C23H41O2P.Fe/c3*1-4-7-9-10-11-12-13-15-22-16-18-23(19-17-22)26(24,25)20-21(6-3)14-8-5-2;/h3*16-19,21H,4-15,20H2,1-3H3,(H,24,25);/q;;;+3/p-3. The molecule has 0 amide bonds. The summed E-state index contributed by atoms with van der Waals surface area (Å²) in [6.45, 7) is 19.5. The summed E-state index contributed by atoms with van der Waals surface area (Å²) in [4.78, 5) is 38.1. The molecule has 0 saturated heterocycles. The summed E-state index contributed by atoms with van der Waals surface area (Å²) >= 11 is 0. The summed E-state index contributed by atoms with van der Waals surface area (Å²) in [6.07, 6.45) is 44.3. The molecule has 3 rings (SSSR count). The van der Waals surface area contributed by atoms with Crippen molar-refractivity contribution in [3.63, 3.8) is 0 Å². The van der Waals surface area contributed by atoms with Crippen LogP contribution in [0.15, 0.2) is 72.8 Å². The van der Waals surface area contributed by atoms with Crippen molar-refractivity contribution < 1.29 is 45.4 Å². The zero-order chi connectivity index (χ0) is 57.8. The van der Waals surface area contributed by atoms with Crippen LogP contribution in [0, 0.1) is 17.8 Å². The third-order valence-electron chi connectivity index (χ3n) is 16.3. The van der Waals surface area contributed by atoms with E-state index in [1.165, 1.54) is 152 Å². The Morgan fingerprint density at radius 3 is 0.671 bits per heavy atom. The van der Waals surface area contributed by atoms with Crippen LogP contribution in [0.5, 0.6) is 0 Å². The van der Waals surface area contributed by atoms with Crippen LogP contribution in [-0.2, 0) is 50.0 Å². The summed E-state index contributed by atoms with van der Waals surface area (Å²) in [6, 6.07) is 23.1. The van der Waals surface area contributed by atoms with Crippen molar-refractivity contribution in [2.24, 2.45) is 17.8 Å². The number of unbranched alkanes of at least 4 members (excludes halogenated alkanes) is 21. The molecule has 0 spiro atoms. The van der Waals surface area contributed by atoms with Crippen LogP contribution in [0.4, 0.5) is 0 Å². The van der Waals surface area contributed by atoms with E-state index in [0.29, 0.717) is 52.2 Å². The summed E-state index contributed by atoms with van der Waals surface area (Å²) in [5.41, 5.74) is 3.79. The maximum atomic E-state index is 12.7. The van der Waals surface area contributed by atoms with E-state index in [2.05, 4.69) is 62.3 Å². The number of rotatable bonds is 45. The molecular weight excluding hydrogens is 1070 g/mol. The Hall–Kier alpha value is -1.25. The van der Waals surface area contributed by atoms with E-state index >= 15 is 0 Å². The monoisotopic (exact) mass is 1190 g/mol. The Bertz CT molecular complexity index is 1760. The van der Waals surface area contributed by atoms with Gasteiger partial charge in [0.15, 0.2) is 0 Å². The molecule has 455 valence electrons. The Balaban J connectivity index is 0.00000115. The van der Waals surface area contributed by atoms with Gasteiger partial charge in [-0.1, -0.05) is 328 Å². The Morgan fingerprint density at radius 2 is 0.481 bits per heavy atom. The molecule has 0 saturated carbocycles. The Labute approximate surface area is 499 Å². The molecule has 0 aliphatic rings. The predicted molar refractivity (Wildman–Crippen MR) is 341 cm³/mol. The van der Waals surface area contributed by atoms with Crippen LogP contribution in [0.25, 0.3) is 0 Å². The number of benzene rings is 3. The molecule has 0 bridgehead atoms. The molecule has 6 atom stereocenters. The Kier molecular flexibility index (Phi) is 48.3. The number of hydrogen-bond acceptors (Lipinski definition) is 6. The second-order valence-corrected chi connectivity index (χ2v) is 30.1. The molecule has 3 aromatic rings. The van der Waals surface area contributed by atoms with E-state index in [0.717, 1.165) is 96.3 Å². The van der Waals surface area contributed by atoms with E-state index in [4.69, 9.17) is 0 Å². The van der Waals surface area contributed by atoms with Gasteiger partial charge in [0.05, 0.1) is 0 Å². The van der Waals surface area contributed by atoms with Crippen LogP contribution >= 0.6 is 22.1 Å². The normalized spacial score (nSPS) is 14.7. The van der Waals surface area contributed by atoms with Crippen molar-refractivity contribution >= 4 is 38.0 Å². The van der Waals surface area contributed by atoms with E-state index in [1.54, 1.807) is 0 Å². The van der Waals surface area contributed by atoms with Crippen molar-refractivity contribution in [3.8, 4) is 0 Å². The molecular formula is C69H120FeO6P3. The van der Waals surface area contributed by atoms with Crippen molar-refractivity contribution in [1.82, 2.24) is 0 Å². The summed E-state index contributed by atoms with van der Waals surface area (Å²) in [5, 5.41) is 1.57. The first kappa shape index (κ1) is 77.7.